The predicted octanol–water partition coefficient (Wildman–Crippen LogP) is 3.58. The molecular formula is C25H21N3O6S. The molecule has 5 rings (SSSR count). The van der Waals surface area contributed by atoms with Gasteiger partial charge in [0.1, 0.15) is 22.6 Å². The number of aryl methyl sites for hydroxylation is 1. The summed E-state index contributed by atoms with van der Waals surface area (Å²) >= 11 is 1.16. The average molecular weight is 492 g/mol. The van der Waals surface area contributed by atoms with Gasteiger partial charge in [-0.15, -0.1) is 10.2 Å². The number of ether oxygens (including phenoxy) is 2. The molecule has 2 aromatic carbocycles. The van der Waals surface area contributed by atoms with Crippen LogP contribution in [0.4, 0.5) is 5.13 Å². The van der Waals surface area contributed by atoms with E-state index in [2.05, 4.69) is 10.2 Å². The first kappa shape index (κ1) is 22.7. The third-order valence-electron chi connectivity index (χ3n) is 5.98. The summed E-state index contributed by atoms with van der Waals surface area (Å²) in [5.41, 5.74) is 2.08. The number of hydrogen-bond donors (Lipinski definition) is 1. The van der Waals surface area contributed by atoms with E-state index in [0.717, 1.165) is 22.6 Å². The van der Waals surface area contributed by atoms with Crippen molar-refractivity contribution in [3.8, 4) is 5.75 Å². The van der Waals surface area contributed by atoms with E-state index in [1.807, 2.05) is 6.92 Å². The van der Waals surface area contributed by atoms with Crippen LogP contribution in [0, 0.1) is 6.92 Å². The highest BCUT2D eigenvalue weighted by atomic mass is 32.1. The third kappa shape index (κ3) is 3.85. The second-order valence-electron chi connectivity index (χ2n) is 8.34. The summed E-state index contributed by atoms with van der Waals surface area (Å²) < 4.78 is 10.5. The number of ketones is 1. The quantitative estimate of drug-likeness (QED) is 0.255. The van der Waals surface area contributed by atoms with Crippen LogP contribution in [0.5, 0.6) is 5.75 Å². The number of aliphatic hydroxyl groups excluding tert-OH is 1. The number of carbonyl (C=O) groups is 3. The van der Waals surface area contributed by atoms with E-state index >= 15 is 0 Å². The van der Waals surface area contributed by atoms with Crippen LogP contribution in [-0.2, 0) is 20.7 Å². The fraction of sp³-hybridized carbons (Fsp3) is 0.240. The summed E-state index contributed by atoms with van der Waals surface area (Å²) in [7, 11) is 1.28. The molecule has 2 aliphatic heterocycles. The Labute approximate surface area is 204 Å². The van der Waals surface area contributed by atoms with Crippen LogP contribution in [0.3, 0.4) is 0 Å². The number of benzene rings is 2. The van der Waals surface area contributed by atoms with Gasteiger partial charge in [0.25, 0.3) is 5.78 Å². The summed E-state index contributed by atoms with van der Waals surface area (Å²) in [4.78, 5) is 39.6. The zero-order valence-corrected chi connectivity index (χ0v) is 20.0. The van der Waals surface area contributed by atoms with E-state index in [9.17, 15) is 19.5 Å². The molecule has 9 nitrogen and oxygen atoms in total. The van der Waals surface area contributed by atoms with Gasteiger partial charge < -0.3 is 14.6 Å². The molecular weight excluding hydrogens is 470 g/mol. The number of aromatic nitrogens is 2. The molecule has 0 saturated carbocycles. The van der Waals surface area contributed by atoms with E-state index < -0.39 is 23.7 Å². The van der Waals surface area contributed by atoms with Crippen molar-refractivity contribution in [1.82, 2.24) is 10.2 Å². The molecule has 1 N–H and O–H groups in total. The SMILES string of the molecule is COC(=O)c1ccc([C@@H]2C(=C(O)c3ccc4c(c3)C[C@H](C)O4)C(=O)C(=O)N2c2nnc(C)s2)cc1. The molecule has 35 heavy (non-hydrogen) atoms. The Hall–Kier alpha value is -4.05. The fourth-order valence-corrected chi connectivity index (χ4v) is 5.09. The van der Waals surface area contributed by atoms with E-state index in [1.54, 1.807) is 49.4 Å². The second-order valence-corrected chi connectivity index (χ2v) is 9.50. The van der Waals surface area contributed by atoms with Crippen LogP contribution >= 0.6 is 11.3 Å². The van der Waals surface area contributed by atoms with Crippen molar-refractivity contribution in [1.29, 1.82) is 0 Å². The first-order valence-electron chi connectivity index (χ1n) is 10.9. The van der Waals surface area contributed by atoms with Gasteiger partial charge in [0.05, 0.1) is 24.3 Å². The van der Waals surface area contributed by atoms with Gasteiger partial charge in [0.15, 0.2) is 0 Å². The number of amides is 1. The van der Waals surface area contributed by atoms with Crippen LogP contribution in [0.1, 0.15) is 45.0 Å². The minimum Gasteiger partial charge on any atom is -0.507 e. The lowest BCUT2D eigenvalue weighted by Gasteiger charge is -2.22. The highest BCUT2D eigenvalue weighted by Crippen LogP contribution is 2.43. The molecule has 1 aromatic heterocycles. The number of fused-ring (bicyclic) bond motifs is 1. The van der Waals surface area contributed by atoms with E-state index in [1.165, 1.54) is 12.0 Å². The van der Waals surface area contributed by atoms with E-state index in [0.29, 0.717) is 28.1 Å². The molecule has 178 valence electrons. The molecule has 2 atom stereocenters. The minimum atomic E-state index is -0.961. The fourth-order valence-electron chi connectivity index (χ4n) is 4.37. The predicted molar refractivity (Wildman–Crippen MR) is 127 cm³/mol. The van der Waals surface area contributed by atoms with Crippen LogP contribution in [0.25, 0.3) is 5.76 Å². The lowest BCUT2D eigenvalue weighted by Crippen LogP contribution is -2.29. The molecule has 1 amide bonds. The number of carbonyl (C=O) groups excluding carboxylic acids is 3. The molecule has 1 fully saturated rings. The third-order valence-corrected chi connectivity index (χ3v) is 6.82. The van der Waals surface area contributed by atoms with Gasteiger partial charge in [0, 0.05) is 12.0 Å². The monoisotopic (exact) mass is 491 g/mol. The Morgan fingerprint density at radius 3 is 2.51 bits per heavy atom. The number of aliphatic hydroxyl groups is 1. The number of hydrogen-bond acceptors (Lipinski definition) is 9. The minimum absolute atomic E-state index is 0.0157. The highest BCUT2D eigenvalue weighted by molar-refractivity contribution is 7.15. The summed E-state index contributed by atoms with van der Waals surface area (Å²) in [5.74, 6) is -1.73. The Morgan fingerprint density at radius 2 is 1.86 bits per heavy atom. The van der Waals surface area contributed by atoms with Crippen molar-refractivity contribution in [3.63, 3.8) is 0 Å². The molecule has 0 spiro atoms. The van der Waals surface area contributed by atoms with Crippen molar-refractivity contribution in [2.24, 2.45) is 0 Å². The van der Waals surface area contributed by atoms with Crippen LogP contribution in [0.15, 0.2) is 48.0 Å². The molecule has 0 bridgehead atoms. The van der Waals surface area contributed by atoms with Gasteiger partial charge in [-0.25, -0.2) is 4.79 Å². The lowest BCUT2D eigenvalue weighted by molar-refractivity contribution is -0.132. The topological polar surface area (TPSA) is 119 Å². The zero-order chi connectivity index (χ0) is 24.9. The maximum Gasteiger partial charge on any atom is 0.337 e. The molecule has 2 aliphatic rings. The number of Topliss-reactive ketones (excluding diaryl/α,β-unsaturated/α-hetero) is 1. The lowest BCUT2D eigenvalue weighted by atomic mass is 9.94. The Kier molecular flexibility index (Phi) is 5.60. The Bertz CT molecular complexity index is 1390. The van der Waals surface area contributed by atoms with Crippen molar-refractivity contribution in [2.75, 3.05) is 12.0 Å². The number of rotatable bonds is 4. The van der Waals surface area contributed by atoms with Gasteiger partial charge in [0.2, 0.25) is 5.13 Å². The maximum atomic E-state index is 13.3. The Balaban J connectivity index is 1.66. The molecule has 0 radical (unpaired) electrons. The first-order valence-corrected chi connectivity index (χ1v) is 11.7. The Morgan fingerprint density at radius 1 is 1.14 bits per heavy atom. The standard InChI is InChI=1S/C25H21N3O6S/c1-12-10-17-11-16(8-9-18(17)34-12)21(29)19-20(14-4-6-15(7-5-14)24(32)33-3)28(23(31)22(19)30)25-27-26-13(2)35-25/h4-9,11-12,20,29H,10H2,1-3H3/t12-,20+/m0/s1. The van der Waals surface area contributed by atoms with Crippen LogP contribution in [0.2, 0.25) is 0 Å². The van der Waals surface area contributed by atoms with Crippen molar-refractivity contribution >= 4 is 39.9 Å². The summed E-state index contributed by atoms with van der Waals surface area (Å²) in [6.07, 6.45) is 0.690. The number of nitrogens with zero attached hydrogens (tertiary/aromatic N) is 3. The summed E-state index contributed by atoms with van der Waals surface area (Å²) in [5, 5.41) is 20.2. The number of anilines is 1. The van der Waals surface area contributed by atoms with Gasteiger partial charge in [-0.1, -0.05) is 23.5 Å². The average Bonchev–Trinajstić information content (AvgIpc) is 3.52. The highest BCUT2D eigenvalue weighted by Gasteiger charge is 2.48. The molecule has 1 saturated heterocycles. The molecule has 0 aliphatic carbocycles. The molecule has 0 unspecified atom stereocenters. The first-order chi connectivity index (χ1) is 16.8. The van der Waals surface area contributed by atoms with Crippen LogP contribution in [-0.4, -0.2) is 46.2 Å². The van der Waals surface area contributed by atoms with Gasteiger partial charge in [-0.05, 0) is 55.3 Å². The molecule has 10 heteroatoms. The van der Waals surface area contributed by atoms with Crippen molar-refractivity contribution < 1.29 is 29.0 Å². The van der Waals surface area contributed by atoms with Crippen molar-refractivity contribution in [3.05, 3.63) is 75.3 Å². The largest absolute Gasteiger partial charge is 0.507 e. The second kappa shape index (κ2) is 8.62. The zero-order valence-electron chi connectivity index (χ0n) is 19.1. The summed E-state index contributed by atoms with van der Waals surface area (Å²) in [6.45, 7) is 3.69. The summed E-state index contributed by atoms with van der Waals surface area (Å²) in [6, 6.07) is 10.5. The molecule has 3 heterocycles. The van der Waals surface area contributed by atoms with Gasteiger partial charge in [-0.3, -0.25) is 14.5 Å². The van der Waals surface area contributed by atoms with E-state index in [4.69, 9.17) is 9.47 Å². The number of methoxy groups -OCH3 is 1. The van der Waals surface area contributed by atoms with E-state index in [-0.39, 0.29) is 22.6 Å². The van der Waals surface area contributed by atoms with Crippen LogP contribution < -0.4 is 9.64 Å². The molecule has 3 aromatic rings. The smallest absolute Gasteiger partial charge is 0.337 e. The van der Waals surface area contributed by atoms with Gasteiger partial charge in [-0.2, -0.15) is 0 Å². The van der Waals surface area contributed by atoms with Crippen molar-refractivity contribution in [2.45, 2.75) is 32.4 Å². The van der Waals surface area contributed by atoms with Gasteiger partial charge >= 0.3 is 11.9 Å². The normalized spacial score (nSPS) is 20.6. The number of esters is 1. The maximum absolute atomic E-state index is 13.3.